The highest BCUT2D eigenvalue weighted by Gasteiger charge is 2.14. The molecule has 0 bridgehead atoms. The van der Waals surface area contributed by atoms with Crippen LogP contribution >= 0.6 is 0 Å². The summed E-state index contributed by atoms with van der Waals surface area (Å²) in [5, 5.41) is 18.3. The van der Waals surface area contributed by atoms with Gasteiger partial charge in [0.15, 0.2) is 0 Å². The predicted octanol–water partition coefficient (Wildman–Crippen LogP) is 1.37. The van der Waals surface area contributed by atoms with Gasteiger partial charge in [-0.2, -0.15) is 5.10 Å². The van der Waals surface area contributed by atoms with Gasteiger partial charge in [0, 0.05) is 17.8 Å². The van der Waals surface area contributed by atoms with Crippen LogP contribution in [0.25, 0.3) is 0 Å². The van der Waals surface area contributed by atoms with Crippen LogP contribution in [0.2, 0.25) is 0 Å². The minimum atomic E-state index is -1.01. The Hall–Kier alpha value is -2.55. The van der Waals surface area contributed by atoms with E-state index in [1.807, 2.05) is 0 Å². The van der Waals surface area contributed by atoms with Gasteiger partial charge in [-0.1, -0.05) is 0 Å². The van der Waals surface area contributed by atoms with Gasteiger partial charge < -0.3 is 15.7 Å². The summed E-state index contributed by atoms with van der Waals surface area (Å²) in [6.07, 6.45) is 0.706. The molecule has 24 heavy (non-hydrogen) atoms. The van der Waals surface area contributed by atoms with Crippen molar-refractivity contribution in [2.75, 3.05) is 16.9 Å². The SMILES string of the molecule is C/C(CCC(=O)Nc1ccc(C(=O)O)cc1)=N\N=S1/CNC(=O)C1. The standard InChI is InChI=1S/C15H18N4O4S/c1-10(18-19-24-8-14(21)16-9-24)2-7-13(20)17-12-5-3-11(4-6-12)15(22)23/h3-6H,2,7-9H2,1H3,(H,16,21)(H,17,20)(H,22,23)/b18-10+. The zero-order valence-corrected chi connectivity index (χ0v) is 13.9. The van der Waals surface area contributed by atoms with E-state index < -0.39 is 16.7 Å². The summed E-state index contributed by atoms with van der Waals surface area (Å²) in [5.41, 5.74) is 1.43. The Bertz CT molecular complexity index is 713. The number of hydrogen-bond acceptors (Lipinski definition) is 4. The van der Waals surface area contributed by atoms with Crippen molar-refractivity contribution in [1.29, 1.82) is 0 Å². The normalized spacial score (nSPS) is 17.6. The Morgan fingerprint density at radius 1 is 1.29 bits per heavy atom. The maximum absolute atomic E-state index is 11.9. The number of carbonyl (C=O) groups is 3. The van der Waals surface area contributed by atoms with Crippen LogP contribution in [0, 0.1) is 0 Å². The van der Waals surface area contributed by atoms with Crippen molar-refractivity contribution in [3.63, 3.8) is 0 Å². The molecule has 0 saturated carbocycles. The summed E-state index contributed by atoms with van der Waals surface area (Å²) in [5.74, 6) is -0.300. The van der Waals surface area contributed by atoms with Gasteiger partial charge in [0.25, 0.3) is 0 Å². The topological polar surface area (TPSA) is 120 Å². The predicted molar refractivity (Wildman–Crippen MR) is 92.0 cm³/mol. The van der Waals surface area contributed by atoms with E-state index in [9.17, 15) is 14.4 Å². The van der Waals surface area contributed by atoms with Gasteiger partial charge in [-0.3, -0.25) is 9.59 Å². The molecule has 2 amide bonds. The van der Waals surface area contributed by atoms with Crippen molar-refractivity contribution in [2.45, 2.75) is 19.8 Å². The Morgan fingerprint density at radius 2 is 2.00 bits per heavy atom. The molecule has 1 aromatic rings. The van der Waals surface area contributed by atoms with E-state index in [-0.39, 0.29) is 23.8 Å². The van der Waals surface area contributed by atoms with Crippen LogP contribution in [0.5, 0.6) is 0 Å². The van der Waals surface area contributed by atoms with Crippen molar-refractivity contribution in [3.05, 3.63) is 29.8 Å². The molecule has 1 aliphatic rings. The number of anilines is 1. The summed E-state index contributed by atoms with van der Waals surface area (Å²) >= 11 is 0. The molecule has 1 aromatic carbocycles. The highest BCUT2D eigenvalue weighted by molar-refractivity contribution is 7.88. The van der Waals surface area contributed by atoms with E-state index in [1.54, 1.807) is 19.1 Å². The maximum Gasteiger partial charge on any atom is 0.335 e. The zero-order chi connectivity index (χ0) is 17.5. The molecule has 9 heteroatoms. The summed E-state index contributed by atoms with van der Waals surface area (Å²) < 4.78 is 4.11. The lowest BCUT2D eigenvalue weighted by atomic mass is 10.2. The molecule has 128 valence electrons. The van der Waals surface area contributed by atoms with Crippen LogP contribution in [-0.4, -0.2) is 40.2 Å². The van der Waals surface area contributed by atoms with Crippen LogP contribution in [-0.2, 0) is 20.3 Å². The summed E-state index contributed by atoms with van der Waals surface area (Å²) in [6, 6.07) is 5.95. The maximum atomic E-state index is 11.9. The summed E-state index contributed by atoms with van der Waals surface area (Å²) in [4.78, 5) is 33.7. The van der Waals surface area contributed by atoms with Gasteiger partial charge in [-0.15, -0.1) is 4.47 Å². The molecule has 1 atom stereocenters. The van der Waals surface area contributed by atoms with E-state index in [0.717, 1.165) is 5.71 Å². The number of rotatable bonds is 6. The van der Waals surface area contributed by atoms with E-state index in [2.05, 4.69) is 20.2 Å². The van der Waals surface area contributed by atoms with E-state index in [4.69, 9.17) is 5.11 Å². The molecule has 1 heterocycles. The lowest BCUT2D eigenvalue weighted by molar-refractivity contribution is -0.118. The summed E-state index contributed by atoms with van der Waals surface area (Å²) in [6.45, 7) is 1.78. The van der Waals surface area contributed by atoms with E-state index in [0.29, 0.717) is 23.7 Å². The number of amides is 2. The third kappa shape index (κ3) is 5.58. The fourth-order valence-corrected chi connectivity index (χ4v) is 3.07. The van der Waals surface area contributed by atoms with E-state index in [1.165, 1.54) is 12.1 Å². The Balaban J connectivity index is 1.80. The molecular formula is C15H18N4O4S. The Morgan fingerprint density at radius 3 is 2.58 bits per heavy atom. The van der Waals surface area contributed by atoms with Crippen molar-refractivity contribution in [1.82, 2.24) is 5.32 Å². The smallest absolute Gasteiger partial charge is 0.335 e. The lowest BCUT2D eigenvalue weighted by Gasteiger charge is -2.05. The Labute approximate surface area is 141 Å². The zero-order valence-electron chi connectivity index (χ0n) is 13.1. The molecular weight excluding hydrogens is 332 g/mol. The van der Waals surface area contributed by atoms with Crippen molar-refractivity contribution >= 4 is 39.9 Å². The molecule has 1 saturated heterocycles. The van der Waals surface area contributed by atoms with Crippen LogP contribution in [0.4, 0.5) is 5.69 Å². The van der Waals surface area contributed by atoms with Gasteiger partial charge in [-0.05, 0) is 48.3 Å². The second-order valence-corrected chi connectivity index (χ2v) is 6.86. The fraction of sp³-hybridized carbons (Fsp3) is 0.333. The largest absolute Gasteiger partial charge is 0.478 e. The summed E-state index contributed by atoms with van der Waals surface area (Å²) in [7, 11) is -0.402. The minimum absolute atomic E-state index is 0.0109. The number of nitrogens with one attached hydrogen (secondary N) is 2. The number of aromatic carboxylic acids is 1. The van der Waals surface area contributed by atoms with Crippen LogP contribution in [0.3, 0.4) is 0 Å². The van der Waals surface area contributed by atoms with Crippen LogP contribution < -0.4 is 10.6 Å². The van der Waals surface area contributed by atoms with Gasteiger partial charge in [0.05, 0.1) is 17.2 Å². The molecule has 2 rings (SSSR count). The molecule has 0 aromatic heterocycles. The minimum Gasteiger partial charge on any atom is -0.478 e. The number of hydrogen-bond donors (Lipinski definition) is 3. The van der Waals surface area contributed by atoms with Crippen LogP contribution in [0.1, 0.15) is 30.1 Å². The first-order valence-corrected chi connectivity index (χ1v) is 8.77. The second-order valence-electron chi connectivity index (χ2n) is 5.20. The number of carbonyl (C=O) groups excluding carboxylic acids is 2. The number of carboxylic acid groups (broad SMARTS) is 1. The van der Waals surface area contributed by atoms with Gasteiger partial charge in [0.1, 0.15) is 0 Å². The lowest BCUT2D eigenvalue weighted by Crippen LogP contribution is -2.14. The van der Waals surface area contributed by atoms with Crippen LogP contribution in [0.15, 0.2) is 33.8 Å². The van der Waals surface area contributed by atoms with Gasteiger partial charge in [0.2, 0.25) is 11.8 Å². The highest BCUT2D eigenvalue weighted by atomic mass is 32.2. The molecule has 3 N–H and O–H groups in total. The molecule has 0 radical (unpaired) electrons. The molecule has 0 aliphatic carbocycles. The fourth-order valence-electron chi connectivity index (χ4n) is 1.87. The highest BCUT2D eigenvalue weighted by Crippen LogP contribution is 2.10. The monoisotopic (exact) mass is 350 g/mol. The average Bonchev–Trinajstić information content (AvgIpc) is 2.97. The van der Waals surface area contributed by atoms with Gasteiger partial charge >= 0.3 is 5.97 Å². The average molecular weight is 350 g/mol. The molecule has 1 aliphatic heterocycles. The Kier molecular flexibility index (Phi) is 6.19. The third-order valence-electron chi connectivity index (χ3n) is 3.19. The molecule has 1 fully saturated rings. The number of benzene rings is 1. The van der Waals surface area contributed by atoms with Crippen molar-refractivity contribution in [2.24, 2.45) is 9.57 Å². The second kappa shape index (κ2) is 8.34. The van der Waals surface area contributed by atoms with Crippen molar-refractivity contribution in [3.8, 4) is 0 Å². The number of carboxylic acids is 1. The first-order chi connectivity index (χ1) is 11.4. The quantitative estimate of drug-likeness (QED) is 0.530. The number of nitrogens with zero attached hydrogens (tertiary/aromatic N) is 2. The molecule has 1 unspecified atom stereocenters. The first kappa shape index (κ1) is 17.8. The third-order valence-corrected chi connectivity index (χ3v) is 4.58. The first-order valence-electron chi connectivity index (χ1n) is 7.26. The molecule has 0 spiro atoms. The van der Waals surface area contributed by atoms with E-state index >= 15 is 0 Å². The van der Waals surface area contributed by atoms with Gasteiger partial charge in [-0.25, -0.2) is 4.79 Å². The molecule has 8 nitrogen and oxygen atoms in total. The van der Waals surface area contributed by atoms with Crippen molar-refractivity contribution < 1.29 is 19.5 Å².